The lowest BCUT2D eigenvalue weighted by molar-refractivity contribution is -0.167. The second-order valence-electron chi connectivity index (χ2n) is 15.7. The zero-order valence-corrected chi connectivity index (χ0v) is 38.7. The van der Waals surface area contributed by atoms with Crippen LogP contribution in [0.1, 0.15) is 207 Å². The van der Waals surface area contributed by atoms with Gasteiger partial charge in [0.1, 0.15) is 13.2 Å². The molecule has 0 heterocycles. The molecule has 0 fully saturated rings. The lowest BCUT2D eigenvalue weighted by atomic mass is 10.0. The van der Waals surface area contributed by atoms with Crippen molar-refractivity contribution in [3.05, 3.63) is 97.2 Å². The maximum absolute atomic E-state index is 12.8. The molecule has 0 aromatic carbocycles. The first-order valence-corrected chi connectivity index (χ1v) is 24.3. The van der Waals surface area contributed by atoms with Crippen molar-refractivity contribution in [3.63, 3.8) is 0 Å². The Morgan fingerprint density at radius 3 is 1.27 bits per heavy atom. The number of hydrogen-bond donors (Lipinski definition) is 0. The minimum atomic E-state index is -0.816. The van der Waals surface area contributed by atoms with Crippen molar-refractivity contribution in [1.82, 2.24) is 0 Å². The van der Waals surface area contributed by atoms with Crippen molar-refractivity contribution in [2.75, 3.05) is 13.2 Å². The Bertz CT molecular complexity index is 1230. The standard InChI is InChI=1S/C54H88O6/c1-4-7-10-13-16-19-22-25-27-30-32-35-38-41-44-47-53(56)59-50-51(49-58-52(55)46-43-40-37-34-31-28-24-21-18-15-12-9-6-3)60-54(57)48-45-42-39-36-33-29-26-23-20-17-14-11-8-5-2/h8-9,11-12,15,17-18,20-21,24,26,28-29,31,34,37,51H,4-7,10,13-14,16,19,22-23,25,27,30,32-33,35-36,38-50H2,1-3H3/b11-8-,12-9-,18-15-,20-17-,24-21-,29-26-,31-28-,37-34-. The molecule has 0 aliphatic heterocycles. The van der Waals surface area contributed by atoms with Gasteiger partial charge in [0.05, 0.1) is 0 Å². The summed E-state index contributed by atoms with van der Waals surface area (Å²) < 4.78 is 16.7. The Hall–Kier alpha value is -3.67. The number of hydrogen-bond acceptors (Lipinski definition) is 6. The van der Waals surface area contributed by atoms with Gasteiger partial charge in [0.15, 0.2) is 6.10 Å². The number of allylic oxidation sites excluding steroid dienone is 16. The number of rotatable bonds is 42. The first-order valence-electron chi connectivity index (χ1n) is 24.3. The molecule has 6 nitrogen and oxygen atoms in total. The molecule has 0 aromatic heterocycles. The summed E-state index contributed by atoms with van der Waals surface area (Å²) in [7, 11) is 0. The molecule has 60 heavy (non-hydrogen) atoms. The molecular formula is C54H88O6. The third kappa shape index (κ3) is 45.4. The normalized spacial score (nSPS) is 12.9. The highest BCUT2D eigenvalue weighted by Crippen LogP contribution is 2.15. The van der Waals surface area contributed by atoms with Gasteiger partial charge in [-0.2, -0.15) is 0 Å². The molecule has 0 radical (unpaired) electrons. The number of carbonyl (C=O) groups is 3. The van der Waals surface area contributed by atoms with E-state index in [2.05, 4.69) is 63.3 Å². The SMILES string of the molecule is CC\C=C/C=C\C=C/C=C\C=C/CCCC(=O)OCC(COC(=O)CCCCCCCCCCCCCCCCC)OC(=O)CCCCCC/C=C\C/C=C\C/C=C\CC. The van der Waals surface area contributed by atoms with Crippen LogP contribution in [0.25, 0.3) is 0 Å². The topological polar surface area (TPSA) is 78.9 Å². The van der Waals surface area contributed by atoms with E-state index in [1.54, 1.807) is 0 Å². The molecule has 0 amide bonds. The number of esters is 3. The number of unbranched alkanes of at least 4 members (excludes halogenated alkanes) is 19. The molecule has 0 aromatic rings. The lowest BCUT2D eigenvalue weighted by Gasteiger charge is -2.18. The number of carbonyl (C=O) groups excluding carboxylic acids is 3. The molecule has 1 unspecified atom stereocenters. The largest absolute Gasteiger partial charge is 0.462 e. The van der Waals surface area contributed by atoms with Crippen LogP contribution in [-0.2, 0) is 28.6 Å². The van der Waals surface area contributed by atoms with E-state index in [0.29, 0.717) is 12.8 Å². The molecule has 1 atom stereocenters. The average Bonchev–Trinajstić information content (AvgIpc) is 3.24. The minimum Gasteiger partial charge on any atom is -0.462 e. The summed E-state index contributed by atoms with van der Waals surface area (Å²) in [6, 6.07) is 0. The Labute approximate surface area is 368 Å². The minimum absolute atomic E-state index is 0.109. The summed E-state index contributed by atoms with van der Waals surface area (Å²) in [5.41, 5.74) is 0. The van der Waals surface area contributed by atoms with E-state index in [1.807, 2.05) is 54.7 Å². The maximum Gasteiger partial charge on any atom is 0.306 e. The highest BCUT2D eigenvalue weighted by atomic mass is 16.6. The number of ether oxygens (including phenoxy) is 3. The first kappa shape index (κ1) is 56.3. The van der Waals surface area contributed by atoms with E-state index in [0.717, 1.165) is 83.5 Å². The summed E-state index contributed by atoms with van der Waals surface area (Å²) in [4.78, 5) is 37.8. The molecule has 0 saturated carbocycles. The van der Waals surface area contributed by atoms with Crippen molar-refractivity contribution in [1.29, 1.82) is 0 Å². The zero-order chi connectivity index (χ0) is 43.7. The lowest BCUT2D eigenvalue weighted by Crippen LogP contribution is -2.30. The molecule has 0 rings (SSSR count). The van der Waals surface area contributed by atoms with Crippen LogP contribution in [0.2, 0.25) is 0 Å². The van der Waals surface area contributed by atoms with Crippen LogP contribution < -0.4 is 0 Å². The van der Waals surface area contributed by atoms with Gasteiger partial charge in [-0.25, -0.2) is 0 Å². The van der Waals surface area contributed by atoms with Crippen molar-refractivity contribution >= 4 is 17.9 Å². The predicted molar refractivity (Wildman–Crippen MR) is 256 cm³/mol. The van der Waals surface area contributed by atoms with Crippen LogP contribution in [-0.4, -0.2) is 37.2 Å². The molecule has 340 valence electrons. The quantitative estimate of drug-likeness (QED) is 0.0200. The van der Waals surface area contributed by atoms with Crippen LogP contribution in [0.4, 0.5) is 0 Å². The smallest absolute Gasteiger partial charge is 0.306 e. The molecule has 0 N–H and O–H groups in total. The monoisotopic (exact) mass is 833 g/mol. The van der Waals surface area contributed by atoms with Crippen LogP contribution in [0.15, 0.2) is 97.2 Å². The summed E-state index contributed by atoms with van der Waals surface area (Å²) in [6.45, 7) is 6.28. The van der Waals surface area contributed by atoms with Gasteiger partial charge in [0.25, 0.3) is 0 Å². The molecule has 6 heteroatoms. The Morgan fingerprint density at radius 2 is 0.750 bits per heavy atom. The van der Waals surface area contributed by atoms with E-state index in [4.69, 9.17) is 14.2 Å². The Balaban J connectivity index is 4.52. The van der Waals surface area contributed by atoms with Gasteiger partial charge in [-0.05, 0) is 64.2 Å². The van der Waals surface area contributed by atoms with Crippen molar-refractivity contribution in [3.8, 4) is 0 Å². The highest BCUT2D eigenvalue weighted by molar-refractivity contribution is 5.71. The molecule has 0 aliphatic carbocycles. The second-order valence-corrected chi connectivity index (χ2v) is 15.7. The summed E-state index contributed by atoms with van der Waals surface area (Å²) in [5.74, 6) is -1.01. The van der Waals surface area contributed by atoms with E-state index in [9.17, 15) is 14.4 Å². The maximum atomic E-state index is 12.8. The molecular weight excluding hydrogens is 745 g/mol. The van der Waals surface area contributed by atoms with Gasteiger partial charge in [-0.1, -0.05) is 221 Å². The summed E-state index contributed by atoms with van der Waals surface area (Å²) in [5, 5.41) is 0. The van der Waals surface area contributed by atoms with Crippen LogP contribution in [0.3, 0.4) is 0 Å². The predicted octanol–water partition coefficient (Wildman–Crippen LogP) is 15.8. The zero-order valence-electron chi connectivity index (χ0n) is 38.7. The van der Waals surface area contributed by atoms with Crippen LogP contribution in [0.5, 0.6) is 0 Å². The van der Waals surface area contributed by atoms with E-state index >= 15 is 0 Å². The van der Waals surface area contributed by atoms with Gasteiger partial charge in [0.2, 0.25) is 0 Å². The van der Waals surface area contributed by atoms with E-state index in [-0.39, 0.29) is 44.0 Å². The third-order valence-corrected chi connectivity index (χ3v) is 9.96. The van der Waals surface area contributed by atoms with Crippen LogP contribution >= 0.6 is 0 Å². The fourth-order valence-electron chi connectivity index (χ4n) is 6.37. The first-order chi connectivity index (χ1) is 29.5. The summed E-state index contributed by atoms with van der Waals surface area (Å²) >= 11 is 0. The second kappa shape index (κ2) is 48.0. The fourth-order valence-corrected chi connectivity index (χ4v) is 6.37. The van der Waals surface area contributed by atoms with Crippen molar-refractivity contribution < 1.29 is 28.6 Å². The van der Waals surface area contributed by atoms with Gasteiger partial charge < -0.3 is 14.2 Å². The van der Waals surface area contributed by atoms with Gasteiger partial charge in [-0.3, -0.25) is 14.4 Å². The molecule has 0 saturated heterocycles. The van der Waals surface area contributed by atoms with Gasteiger partial charge in [-0.15, -0.1) is 0 Å². The molecule has 0 aliphatic rings. The fraction of sp³-hybridized carbons (Fsp3) is 0.648. The molecule has 0 spiro atoms. The Morgan fingerprint density at radius 1 is 0.367 bits per heavy atom. The van der Waals surface area contributed by atoms with E-state index < -0.39 is 6.10 Å². The van der Waals surface area contributed by atoms with Crippen molar-refractivity contribution in [2.24, 2.45) is 0 Å². The average molecular weight is 833 g/mol. The third-order valence-electron chi connectivity index (χ3n) is 9.96. The van der Waals surface area contributed by atoms with E-state index in [1.165, 1.54) is 77.0 Å². The molecule has 0 bridgehead atoms. The van der Waals surface area contributed by atoms with Gasteiger partial charge in [0, 0.05) is 19.3 Å². The summed E-state index contributed by atoms with van der Waals surface area (Å²) in [6.07, 6.45) is 62.5. The van der Waals surface area contributed by atoms with Crippen molar-refractivity contribution in [2.45, 2.75) is 213 Å². The highest BCUT2D eigenvalue weighted by Gasteiger charge is 2.19. The Kier molecular flexibility index (Phi) is 45.1. The van der Waals surface area contributed by atoms with Gasteiger partial charge >= 0.3 is 17.9 Å². The van der Waals surface area contributed by atoms with Crippen LogP contribution in [0, 0.1) is 0 Å².